The summed E-state index contributed by atoms with van der Waals surface area (Å²) in [5.41, 5.74) is -0.875. The monoisotopic (exact) mass is 457 g/mol. The number of aromatic nitrogens is 2. The number of ether oxygens (including phenoxy) is 1. The van der Waals surface area contributed by atoms with Gasteiger partial charge in [0.1, 0.15) is 10.8 Å². The number of rotatable bonds is 6. The van der Waals surface area contributed by atoms with Crippen molar-refractivity contribution >= 4 is 33.7 Å². The molecule has 30 heavy (non-hydrogen) atoms. The first-order chi connectivity index (χ1) is 14.0. The van der Waals surface area contributed by atoms with Crippen LogP contribution in [-0.4, -0.2) is 34.3 Å². The van der Waals surface area contributed by atoms with Crippen molar-refractivity contribution < 1.29 is 27.8 Å². The molecule has 0 fully saturated rings. The number of hydrogen-bond donors (Lipinski definition) is 2. The summed E-state index contributed by atoms with van der Waals surface area (Å²) >= 11 is 1.71. The second-order valence-electron chi connectivity index (χ2n) is 6.62. The molecule has 3 rings (SSSR count). The Balaban J connectivity index is 1.81. The molecule has 1 unspecified atom stereocenters. The third kappa shape index (κ3) is 4.47. The third-order valence-corrected chi connectivity index (χ3v) is 6.11. The zero-order valence-corrected chi connectivity index (χ0v) is 17.8. The highest BCUT2D eigenvalue weighted by Gasteiger charge is 2.58. The van der Waals surface area contributed by atoms with Crippen LogP contribution in [0.2, 0.25) is 0 Å². The highest BCUT2D eigenvalue weighted by molar-refractivity contribution is 7.14. The Kier molecular flexibility index (Phi) is 6.16. The fourth-order valence-corrected chi connectivity index (χ4v) is 4.35. The smallest absolute Gasteiger partial charge is 0.424 e. The van der Waals surface area contributed by atoms with Crippen LogP contribution in [0.25, 0.3) is 11.3 Å². The summed E-state index contributed by atoms with van der Waals surface area (Å²) in [6, 6.07) is 5.50. The molecule has 0 saturated heterocycles. The molecule has 0 aliphatic carbocycles. The number of alkyl halides is 3. The molecule has 0 aliphatic rings. The molecule has 2 aromatic heterocycles. The molecule has 1 amide bonds. The Hall–Kier alpha value is -2.50. The van der Waals surface area contributed by atoms with Crippen LogP contribution in [0.4, 0.5) is 18.3 Å². The fraction of sp³-hybridized carbons (Fsp3) is 0.316. The fourth-order valence-electron chi connectivity index (χ4n) is 2.71. The quantitative estimate of drug-likeness (QED) is 0.562. The first kappa shape index (κ1) is 22.2. The van der Waals surface area contributed by atoms with Gasteiger partial charge in [-0.1, -0.05) is 11.6 Å². The molecule has 0 spiro atoms. The number of methoxy groups -OCH3 is 1. The van der Waals surface area contributed by atoms with Crippen molar-refractivity contribution in [2.45, 2.75) is 32.0 Å². The van der Waals surface area contributed by atoms with Gasteiger partial charge in [0.2, 0.25) is 11.5 Å². The number of amides is 1. The maximum absolute atomic E-state index is 13.6. The van der Waals surface area contributed by atoms with Crippen LogP contribution in [-0.2, 0) is 10.4 Å². The largest absolute Gasteiger partial charge is 0.496 e. The van der Waals surface area contributed by atoms with E-state index in [1.54, 1.807) is 11.4 Å². The number of hydrogen-bond acceptors (Lipinski definition) is 7. The van der Waals surface area contributed by atoms with Gasteiger partial charge in [0.25, 0.3) is 0 Å². The van der Waals surface area contributed by atoms with Gasteiger partial charge < -0.3 is 15.2 Å². The van der Waals surface area contributed by atoms with Gasteiger partial charge in [0, 0.05) is 22.0 Å². The van der Waals surface area contributed by atoms with Crippen molar-refractivity contribution in [1.29, 1.82) is 0 Å². The van der Waals surface area contributed by atoms with E-state index in [4.69, 9.17) is 4.74 Å². The van der Waals surface area contributed by atoms with E-state index in [1.165, 1.54) is 19.4 Å². The summed E-state index contributed by atoms with van der Waals surface area (Å²) in [7, 11) is 1.52. The summed E-state index contributed by atoms with van der Waals surface area (Å²) in [4.78, 5) is 20.3. The molecule has 2 heterocycles. The van der Waals surface area contributed by atoms with Gasteiger partial charge in [-0.2, -0.15) is 13.2 Å². The normalized spacial score (nSPS) is 13.7. The average Bonchev–Trinajstić information content (AvgIpc) is 3.30. The van der Waals surface area contributed by atoms with E-state index in [0.29, 0.717) is 34.0 Å². The Morgan fingerprint density at radius 2 is 1.93 bits per heavy atom. The van der Waals surface area contributed by atoms with Crippen LogP contribution in [0.3, 0.4) is 0 Å². The van der Waals surface area contributed by atoms with Crippen molar-refractivity contribution in [3.8, 4) is 17.0 Å². The minimum Gasteiger partial charge on any atom is -0.496 e. The van der Waals surface area contributed by atoms with Crippen LogP contribution < -0.4 is 10.1 Å². The van der Waals surface area contributed by atoms with Crippen LogP contribution in [0.15, 0.2) is 29.0 Å². The maximum atomic E-state index is 13.6. The van der Waals surface area contributed by atoms with Crippen molar-refractivity contribution in [1.82, 2.24) is 9.97 Å². The standard InChI is InChI=1S/C19H18F3N3O3S2/c1-10-4-5-14(28-3)12(6-10)13-9-30-17(24-13)25-15(26)7-18(27,19(20,21)22)16-23-11(2)8-29-16/h4-6,8-9,27H,7H2,1-3H3,(H,24,25,26). The van der Waals surface area contributed by atoms with Gasteiger partial charge >= 0.3 is 6.18 Å². The number of anilines is 1. The molecular weight excluding hydrogens is 439 g/mol. The molecule has 0 aliphatic heterocycles. The molecule has 6 nitrogen and oxygen atoms in total. The highest BCUT2D eigenvalue weighted by Crippen LogP contribution is 2.43. The number of halogens is 3. The molecule has 0 radical (unpaired) electrons. The average molecular weight is 457 g/mol. The van der Waals surface area contributed by atoms with Gasteiger partial charge in [-0.3, -0.25) is 4.79 Å². The Morgan fingerprint density at radius 3 is 2.53 bits per heavy atom. The number of thiazole rings is 2. The lowest BCUT2D eigenvalue weighted by Crippen LogP contribution is -2.45. The molecule has 160 valence electrons. The van der Waals surface area contributed by atoms with E-state index < -0.39 is 29.1 Å². The highest BCUT2D eigenvalue weighted by atomic mass is 32.1. The van der Waals surface area contributed by atoms with Crippen molar-refractivity contribution in [3.63, 3.8) is 0 Å². The Morgan fingerprint density at radius 1 is 1.20 bits per heavy atom. The van der Waals surface area contributed by atoms with E-state index >= 15 is 0 Å². The second kappa shape index (κ2) is 8.32. The minimum absolute atomic E-state index is 0.110. The first-order valence-electron chi connectivity index (χ1n) is 8.65. The third-order valence-electron chi connectivity index (χ3n) is 4.24. The van der Waals surface area contributed by atoms with E-state index in [0.717, 1.165) is 16.9 Å². The van der Waals surface area contributed by atoms with Crippen molar-refractivity contribution in [2.75, 3.05) is 12.4 Å². The molecular formula is C19H18F3N3O3S2. The van der Waals surface area contributed by atoms with Crippen LogP contribution >= 0.6 is 22.7 Å². The maximum Gasteiger partial charge on any atom is 0.424 e. The lowest BCUT2D eigenvalue weighted by atomic mass is 9.99. The second-order valence-corrected chi connectivity index (χ2v) is 8.33. The number of carbonyl (C=O) groups is 1. The first-order valence-corrected chi connectivity index (χ1v) is 10.4. The number of benzene rings is 1. The van der Waals surface area contributed by atoms with Gasteiger partial charge in [-0.25, -0.2) is 9.97 Å². The summed E-state index contributed by atoms with van der Waals surface area (Å²) in [6.45, 7) is 3.41. The number of aliphatic hydroxyl groups is 1. The summed E-state index contributed by atoms with van der Waals surface area (Å²) in [6.07, 6.45) is -6.30. The molecule has 1 aromatic carbocycles. The number of nitrogens with one attached hydrogen (secondary N) is 1. The lowest BCUT2D eigenvalue weighted by molar-refractivity contribution is -0.266. The molecule has 3 aromatic rings. The predicted molar refractivity (Wildman–Crippen MR) is 109 cm³/mol. The molecule has 2 N–H and O–H groups in total. The van der Waals surface area contributed by atoms with E-state index in [-0.39, 0.29) is 5.13 Å². The van der Waals surface area contributed by atoms with Gasteiger partial charge in [0.05, 0.1) is 19.2 Å². The molecule has 0 saturated carbocycles. The minimum atomic E-state index is -5.07. The molecule has 0 bridgehead atoms. The number of aryl methyl sites for hydroxylation is 2. The van der Waals surface area contributed by atoms with Crippen molar-refractivity contribution in [3.05, 3.63) is 45.2 Å². The van der Waals surface area contributed by atoms with Gasteiger partial charge in [0.15, 0.2) is 5.13 Å². The predicted octanol–water partition coefficient (Wildman–Crippen LogP) is 4.67. The number of nitrogens with zero attached hydrogens (tertiary/aromatic N) is 2. The summed E-state index contributed by atoms with van der Waals surface area (Å²) < 4.78 is 46.0. The van der Waals surface area contributed by atoms with Crippen molar-refractivity contribution in [2.24, 2.45) is 0 Å². The summed E-state index contributed by atoms with van der Waals surface area (Å²) in [5.74, 6) is -0.450. The van der Waals surface area contributed by atoms with E-state index in [2.05, 4.69) is 15.3 Å². The zero-order chi connectivity index (χ0) is 22.1. The van der Waals surface area contributed by atoms with E-state index in [1.807, 2.05) is 19.1 Å². The number of carbonyl (C=O) groups excluding carboxylic acids is 1. The summed E-state index contributed by atoms with van der Waals surface area (Å²) in [5, 5.41) is 15.2. The lowest BCUT2D eigenvalue weighted by Gasteiger charge is -2.27. The molecule has 11 heteroatoms. The van der Waals surface area contributed by atoms with Crippen LogP contribution in [0.5, 0.6) is 5.75 Å². The van der Waals surface area contributed by atoms with Crippen LogP contribution in [0, 0.1) is 13.8 Å². The van der Waals surface area contributed by atoms with Gasteiger partial charge in [-0.05, 0) is 26.0 Å². The Bertz CT molecular complexity index is 1060. The van der Waals surface area contributed by atoms with E-state index in [9.17, 15) is 23.1 Å². The zero-order valence-electron chi connectivity index (χ0n) is 16.2. The van der Waals surface area contributed by atoms with Crippen LogP contribution in [0.1, 0.15) is 22.7 Å². The SMILES string of the molecule is COc1ccc(C)cc1-c1csc(NC(=O)CC(O)(c2nc(C)cs2)C(F)(F)F)n1. The van der Waals surface area contributed by atoms with Gasteiger partial charge in [-0.15, -0.1) is 22.7 Å². The molecule has 1 atom stereocenters. The Labute approximate surface area is 178 Å². The topological polar surface area (TPSA) is 84.3 Å².